The van der Waals surface area contributed by atoms with E-state index in [0.717, 1.165) is 0 Å². The monoisotopic (exact) mass is 380 g/mol. The molecule has 2 aromatic carbocycles. The van der Waals surface area contributed by atoms with Crippen molar-refractivity contribution in [3.05, 3.63) is 95.9 Å². The second-order valence-corrected chi connectivity index (χ2v) is 7.29. The Bertz CT molecular complexity index is 955. The van der Waals surface area contributed by atoms with Gasteiger partial charge in [0.2, 0.25) is 0 Å². The van der Waals surface area contributed by atoms with Crippen LogP contribution in [0.3, 0.4) is 0 Å². The number of aldehydes is 1. The van der Waals surface area contributed by atoms with Crippen molar-refractivity contribution < 1.29 is 19.1 Å². The Morgan fingerprint density at radius 3 is 2.04 bits per heavy atom. The maximum atomic E-state index is 13.6. The normalized spacial score (nSPS) is 30.4. The fourth-order valence-electron chi connectivity index (χ4n) is 4.08. The Morgan fingerprint density at radius 2 is 1.52 bits per heavy atom. The molecule has 1 fully saturated rings. The summed E-state index contributed by atoms with van der Waals surface area (Å²) >= 11 is 6.98. The van der Waals surface area contributed by atoms with Crippen LogP contribution < -0.4 is 0 Å². The number of furan rings is 1. The van der Waals surface area contributed by atoms with E-state index in [1.54, 1.807) is 66.7 Å². The first kappa shape index (κ1) is 17.7. The Balaban J connectivity index is 2.00. The molecule has 0 amide bonds. The lowest BCUT2D eigenvalue weighted by Gasteiger charge is -2.27. The minimum Gasteiger partial charge on any atom is -0.469 e. The van der Waals surface area contributed by atoms with Crippen LogP contribution in [0.25, 0.3) is 0 Å². The summed E-state index contributed by atoms with van der Waals surface area (Å²) < 4.78 is 5.54. The number of carbonyl (C=O) groups excluding carboxylic acids is 2. The van der Waals surface area contributed by atoms with Crippen molar-refractivity contribution in [2.75, 3.05) is 0 Å². The summed E-state index contributed by atoms with van der Waals surface area (Å²) in [5.41, 5.74) is -1.21. The maximum absolute atomic E-state index is 13.6. The molecule has 4 rings (SSSR count). The van der Waals surface area contributed by atoms with Crippen molar-refractivity contribution in [1.29, 1.82) is 0 Å². The fraction of sp³-hybridized carbons (Fsp3) is 0.182. The Kier molecular flexibility index (Phi) is 4.25. The molecule has 0 spiro atoms. The Labute approximate surface area is 161 Å². The number of rotatable bonds is 4. The molecule has 136 valence electrons. The van der Waals surface area contributed by atoms with Gasteiger partial charge in [-0.3, -0.25) is 4.79 Å². The third-order valence-corrected chi connectivity index (χ3v) is 5.98. The minimum atomic E-state index is -2.06. The second-order valence-electron chi connectivity index (χ2n) is 6.69. The molecule has 1 N–H and O–H groups in total. The van der Waals surface area contributed by atoms with Crippen LogP contribution in [-0.2, 0) is 20.1 Å². The predicted octanol–water partition coefficient (Wildman–Crippen LogP) is 3.78. The van der Waals surface area contributed by atoms with Crippen molar-refractivity contribution >= 4 is 23.7 Å². The van der Waals surface area contributed by atoms with Crippen molar-refractivity contribution in [3.8, 4) is 0 Å². The van der Waals surface area contributed by atoms with Crippen molar-refractivity contribution in [3.63, 3.8) is 0 Å². The third-order valence-electron chi connectivity index (χ3n) is 5.35. The molecule has 27 heavy (non-hydrogen) atoms. The van der Waals surface area contributed by atoms with E-state index < -0.39 is 28.1 Å². The quantitative estimate of drug-likeness (QED) is 0.552. The molecule has 1 saturated carbocycles. The van der Waals surface area contributed by atoms with Crippen LogP contribution in [0, 0.1) is 5.92 Å². The lowest BCUT2D eigenvalue weighted by atomic mass is 9.80. The highest BCUT2D eigenvalue weighted by molar-refractivity contribution is 6.38. The number of benzene rings is 2. The highest BCUT2D eigenvalue weighted by atomic mass is 35.5. The number of aliphatic hydroxyl groups is 1. The van der Waals surface area contributed by atoms with Gasteiger partial charge in [-0.05, 0) is 23.3 Å². The van der Waals surface area contributed by atoms with Gasteiger partial charge in [0.05, 0.1) is 18.1 Å². The number of halogens is 1. The van der Waals surface area contributed by atoms with Crippen molar-refractivity contribution in [1.82, 2.24) is 0 Å². The fourth-order valence-corrected chi connectivity index (χ4v) is 4.60. The summed E-state index contributed by atoms with van der Waals surface area (Å²) in [6.45, 7) is 0. The van der Waals surface area contributed by atoms with Crippen LogP contribution in [0.2, 0.25) is 0 Å². The van der Waals surface area contributed by atoms with Crippen LogP contribution in [0.4, 0.5) is 0 Å². The standard InChI is InChI=1S/C22H17ClO4/c23-21(15-8-3-1-4-9-15)19(18-12-7-13-27-18)17(14-24)22(26,20(21)25)16-10-5-2-6-11-16/h1-14,17,19,26H. The molecule has 4 unspecified atom stereocenters. The average Bonchev–Trinajstić information content (AvgIpc) is 3.30. The van der Waals surface area contributed by atoms with Crippen LogP contribution in [-0.4, -0.2) is 17.2 Å². The van der Waals surface area contributed by atoms with E-state index in [1.165, 1.54) is 6.26 Å². The molecular formula is C22H17ClO4. The minimum absolute atomic E-state index is 0.335. The van der Waals surface area contributed by atoms with Gasteiger partial charge in [0, 0.05) is 0 Å². The second kappa shape index (κ2) is 6.48. The molecular weight excluding hydrogens is 364 g/mol. The lowest BCUT2D eigenvalue weighted by molar-refractivity contribution is -0.142. The third kappa shape index (κ3) is 2.41. The Morgan fingerprint density at radius 1 is 0.926 bits per heavy atom. The first-order valence-electron chi connectivity index (χ1n) is 8.60. The number of alkyl halides is 1. The zero-order valence-corrected chi connectivity index (χ0v) is 15.0. The van der Waals surface area contributed by atoms with E-state index in [4.69, 9.17) is 16.0 Å². The van der Waals surface area contributed by atoms with Gasteiger partial charge < -0.3 is 14.3 Å². The average molecular weight is 381 g/mol. The van der Waals surface area contributed by atoms with Crippen molar-refractivity contribution in [2.24, 2.45) is 5.92 Å². The largest absolute Gasteiger partial charge is 0.469 e. The molecule has 1 aromatic heterocycles. The molecule has 1 aliphatic carbocycles. The van der Waals surface area contributed by atoms with E-state index in [9.17, 15) is 14.7 Å². The summed E-state index contributed by atoms with van der Waals surface area (Å²) in [5.74, 6) is -2.21. The summed E-state index contributed by atoms with van der Waals surface area (Å²) in [7, 11) is 0. The highest BCUT2D eigenvalue weighted by Gasteiger charge is 2.69. The first-order chi connectivity index (χ1) is 13.0. The number of hydrogen-bond acceptors (Lipinski definition) is 4. The molecule has 1 heterocycles. The molecule has 0 aliphatic heterocycles. The SMILES string of the molecule is O=CC1C(c2ccco2)C(Cl)(c2ccccc2)C(=O)C1(O)c1ccccc1. The van der Waals surface area contributed by atoms with E-state index in [2.05, 4.69) is 0 Å². The van der Waals surface area contributed by atoms with Gasteiger partial charge in [-0.15, -0.1) is 11.6 Å². The number of ketones is 1. The van der Waals surface area contributed by atoms with E-state index >= 15 is 0 Å². The Hall–Kier alpha value is -2.69. The smallest absolute Gasteiger partial charge is 0.195 e. The molecule has 3 aromatic rings. The molecule has 0 radical (unpaired) electrons. The summed E-state index contributed by atoms with van der Waals surface area (Å²) in [6.07, 6.45) is 2.06. The van der Waals surface area contributed by atoms with Gasteiger partial charge >= 0.3 is 0 Å². The first-order valence-corrected chi connectivity index (χ1v) is 8.98. The zero-order chi connectivity index (χ0) is 19.1. The van der Waals surface area contributed by atoms with Gasteiger partial charge in [-0.2, -0.15) is 0 Å². The van der Waals surface area contributed by atoms with Crippen LogP contribution in [0.1, 0.15) is 22.8 Å². The molecule has 0 bridgehead atoms. The number of Topliss-reactive ketones (excluding diaryl/α,β-unsaturated/α-hetero) is 1. The van der Waals surface area contributed by atoms with Crippen LogP contribution in [0.5, 0.6) is 0 Å². The lowest BCUT2D eigenvalue weighted by Crippen LogP contribution is -2.41. The highest BCUT2D eigenvalue weighted by Crippen LogP contribution is 2.60. The van der Waals surface area contributed by atoms with E-state index in [0.29, 0.717) is 23.2 Å². The van der Waals surface area contributed by atoms with Gasteiger partial charge in [0.25, 0.3) is 0 Å². The zero-order valence-electron chi connectivity index (χ0n) is 14.3. The van der Waals surface area contributed by atoms with Crippen LogP contribution >= 0.6 is 11.6 Å². The van der Waals surface area contributed by atoms with Gasteiger partial charge in [0.1, 0.15) is 16.9 Å². The molecule has 4 nitrogen and oxygen atoms in total. The van der Waals surface area contributed by atoms with Gasteiger partial charge in [-0.1, -0.05) is 60.7 Å². The predicted molar refractivity (Wildman–Crippen MR) is 100 cm³/mol. The molecule has 5 heteroatoms. The molecule has 0 saturated heterocycles. The maximum Gasteiger partial charge on any atom is 0.195 e. The van der Waals surface area contributed by atoms with Crippen LogP contribution in [0.15, 0.2) is 83.5 Å². The summed E-state index contributed by atoms with van der Waals surface area (Å²) in [4.78, 5) is 24.2. The van der Waals surface area contributed by atoms with Crippen molar-refractivity contribution in [2.45, 2.75) is 16.4 Å². The number of carbonyl (C=O) groups is 2. The summed E-state index contributed by atoms with van der Waals surface area (Å²) in [6, 6.07) is 20.6. The summed E-state index contributed by atoms with van der Waals surface area (Å²) in [5, 5.41) is 11.6. The topological polar surface area (TPSA) is 67.5 Å². The number of hydrogen-bond donors (Lipinski definition) is 1. The van der Waals surface area contributed by atoms with Gasteiger partial charge in [0.15, 0.2) is 11.4 Å². The van der Waals surface area contributed by atoms with E-state index in [-0.39, 0.29) is 0 Å². The van der Waals surface area contributed by atoms with E-state index in [1.807, 2.05) is 6.07 Å². The van der Waals surface area contributed by atoms with Gasteiger partial charge in [-0.25, -0.2) is 0 Å². The molecule has 4 atom stereocenters. The molecule has 1 aliphatic rings.